The van der Waals surface area contributed by atoms with Gasteiger partial charge < -0.3 is 5.32 Å². The average Bonchev–Trinajstić information content (AvgIpc) is 1.94. The van der Waals surface area contributed by atoms with Crippen molar-refractivity contribution in [3.63, 3.8) is 0 Å². The van der Waals surface area contributed by atoms with E-state index in [9.17, 15) is 0 Å². The van der Waals surface area contributed by atoms with E-state index in [1.54, 1.807) is 0 Å². The molecule has 0 aliphatic carbocycles. The summed E-state index contributed by atoms with van der Waals surface area (Å²) >= 11 is 0. The highest BCUT2D eigenvalue weighted by Gasteiger charge is 1.94. The molecule has 0 saturated heterocycles. The standard InChI is InChI=1S/C6H10N2/c1-6-5-7-3-2-4-8-6/h2-4,6,8H,5H2,1H3. The number of hydrogen-bond donors (Lipinski definition) is 1. The predicted octanol–water partition coefficient (Wildman–Crippen LogP) is 0.563. The molecule has 0 amide bonds. The monoisotopic (exact) mass is 110 g/mol. The minimum absolute atomic E-state index is 0.491. The SMILES string of the molecule is CC1CN=CC=CN1. The van der Waals surface area contributed by atoms with E-state index < -0.39 is 0 Å². The zero-order valence-electron chi connectivity index (χ0n) is 4.96. The second-order valence-electron chi connectivity index (χ2n) is 1.94. The summed E-state index contributed by atoms with van der Waals surface area (Å²) in [5.41, 5.74) is 0. The van der Waals surface area contributed by atoms with Crippen LogP contribution in [0.3, 0.4) is 0 Å². The van der Waals surface area contributed by atoms with Crippen LogP contribution >= 0.6 is 0 Å². The predicted molar refractivity (Wildman–Crippen MR) is 35.1 cm³/mol. The zero-order valence-corrected chi connectivity index (χ0v) is 4.96. The first-order valence-electron chi connectivity index (χ1n) is 2.80. The molecule has 0 spiro atoms. The Kier molecular flexibility index (Phi) is 1.67. The second kappa shape index (κ2) is 2.50. The molecule has 1 aliphatic heterocycles. The van der Waals surface area contributed by atoms with Crippen molar-refractivity contribution >= 4 is 6.21 Å². The minimum Gasteiger partial charge on any atom is -0.387 e. The smallest absolute Gasteiger partial charge is 0.0588 e. The Morgan fingerprint density at radius 2 is 2.62 bits per heavy atom. The summed E-state index contributed by atoms with van der Waals surface area (Å²) < 4.78 is 0. The lowest BCUT2D eigenvalue weighted by Gasteiger charge is -2.04. The van der Waals surface area contributed by atoms with Gasteiger partial charge in [-0.3, -0.25) is 4.99 Å². The molecule has 1 rings (SSSR count). The van der Waals surface area contributed by atoms with Crippen molar-refractivity contribution in [1.29, 1.82) is 0 Å². The Morgan fingerprint density at radius 1 is 1.75 bits per heavy atom. The fourth-order valence-electron chi connectivity index (χ4n) is 0.595. The molecular formula is C6H10N2. The molecule has 0 bridgehead atoms. The van der Waals surface area contributed by atoms with E-state index in [0.717, 1.165) is 6.54 Å². The number of allylic oxidation sites excluding steroid dienone is 1. The Balaban J connectivity index is 2.45. The highest BCUT2D eigenvalue weighted by molar-refractivity contribution is 5.71. The zero-order chi connectivity index (χ0) is 5.82. The van der Waals surface area contributed by atoms with Gasteiger partial charge in [-0.15, -0.1) is 0 Å². The van der Waals surface area contributed by atoms with Gasteiger partial charge in [-0.1, -0.05) is 0 Å². The molecule has 1 heterocycles. The number of hydrogen-bond acceptors (Lipinski definition) is 2. The number of rotatable bonds is 0. The second-order valence-corrected chi connectivity index (χ2v) is 1.94. The Morgan fingerprint density at radius 3 is 3.50 bits per heavy atom. The van der Waals surface area contributed by atoms with Gasteiger partial charge in [0, 0.05) is 12.3 Å². The van der Waals surface area contributed by atoms with E-state index in [4.69, 9.17) is 0 Å². The van der Waals surface area contributed by atoms with Gasteiger partial charge in [-0.05, 0) is 19.2 Å². The molecule has 1 N–H and O–H groups in total. The highest BCUT2D eigenvalue weighted by atomic mass is 14.9. The molecule has 2 nitrogen and oxygen atoms in total. The lowest BCUT2D eigenvalue weighted by molar-refractivity contribution is 0.656. The van der Waals surface area contributed by atoms with Gasteiger partial charge in [-0.25, -0.2) is 0 Å². The van der Waals surface area contributed by atoms with Crippen LogP contribution in [0.15, 0.2) is 17.3 Å². The number of aliphatic imine (C=N–C) groups is 1. The molecule has 44 valence electrons. The van der Waals surface area contributed by atoms with Crippen LogP contribution in [0.4, 0.5) is 0 Å². The molecule has 8 heavy (non-hydrogen) atoms. The fourth-order valence-corrected chi connectivity index (χ4v) is 0.595. The van der Waals surface area contributed by atoms with Crippen molar-refractivity contribution in [3.05, 3.63) is 12.3 Å². The Bertz CT molecular complexity index is 102. The molecular weight excluding hydrogens is 100 g/mol. The normalized spacial score (nSPS) is 26.9. The third kappa shape index (κ3) is 1.37. The summed E-state index contributed by atoms with van der Waals surface area (Å²) in [6, 6.07) is 0.491. The lowest BCUT2D eigenvalue weighted by atomic mass is 10.3. The van der Waals surface area contributed by atoms with Crippen LogP contribution in [0.5, 0.6) is 0 Å². The highest BCUT2D eigenvalue weighted by Crippen LogP contribution is 1.85. The van der Waals surface area contributed by atoms with Crippen LogP contribution < -0.4 is 5.32 Å². The van der Waals surface area contributed by atoms with Gasteiger partial charge in [0.2, 0.25) is 0 Å². The van der Waals surface area contributed by atoms with Gasteiger partial charge >= 0.3 is 0 Å². The van der Waals surface area contributed by atoms with Crippen molar-refractivity contribution in [1.82, 2.24) is 5.32 Å². The maximum Gasteiger partial charge on any atom is 0.0588 e. The van der Waals surface area contributed by atoms with Crippen molar-refractivity contribution in [2.45, 2.75) is 13.0 Å². The molecule has 0 saturated carbocycles. The van der Waals surface area contributed by atoms with Crippen LogP contribution in [-0.4, -0.2) is 18.8 Å². The molecule has 2 heteroatoms. The topological polar surface area (TPSA) is 24.4 Å². The lowest BCUT2D eigenvalue weighted by Crippen LogP contribution is -2.22. The fraction of sp³-hybridized carbons (Fsp3) is 0.500. The van der Waals surface area contributed by atoms with Crippen LogP contribution in [-0.2, 0) is 0 Å². The van der Waals surface area contributed by atoms with E-state index in [2.05, 4.69) is 17.2 Å². The van der Waals surface area contributed by atoms with E-state index in [1.165, 1.54) is 0 Å². The van der Waals surface area contributed by atoms with Gasteiger partial charge in [0.1, 0.15) is 0 Å². The largest absolute Gasteiger partial charge is 0.387 e. The number of nitrogens with zero attached hydrogens (tertiary/aromatic N) is 1. The first-order valence-corrected chi connectivity index (χ1v) is 2.80. The Labute approximate surface area is 49.3 Å². The molecule has 1 atom stereocenters. The van der Waals surface area contributed by atoms with Crippen molar-refractivity contribution in [2.75, 3.05) is 6.54 Å². The first kappa shape index (κ1) is 5.35. The third-order valence-corrected chi connectivity index (χ3v) is 1.05. The molecule has 0 aromatic rings. The summed E-state index contributed by atoms with van der Waals surface area (Å²) in [5.74, 6) is 0. The minimum atomic E-state index is 0.491. The van der Waals surface area contributed by atoms with Crippen LogP contribution in [0.25, 0.3) is 0 Å². The molecule has 1 unspecified atom stereocenters. The maximum atomic E-state index is 4.08. The molecule has 0 fully saturated rings. The van der Waals surface area contributed by atoms with Gasteiger partial charge in [0.05, 0.1) is 6.54 Å². The maximum absolute atomic E-state index is 4.08. The van der Waals surface area contributed by atoms with Crippen LogP contribution in [0, 0.1) is 0 Å². The summed E-state index contributed by atoms with van der Waals surface area (Å²) in [4.78, 5) is 4.08. The van der Waals surface area contributed by atoms with Crippen molar-refractivity contribution < 1.29 is 0 Å². The van der Waals surface area contributed by atoms with E-state index in [-0.39, 0.29) is 0 Å². The van der Waals surface area contributed by atoms with Crippen molar-refractivity contribution in [3.8, 4) is 0 Å². The van der Waals surface area contributed by atoms with E-state index in [1.807, 2.05) is 18.5 Å². The van der Waals surface area contributed by atoms with E-state index in [0.29, 0.717) is 6.04 Å². The van der Waals surface area contributed by atoms with Crippen LogP contribution in [0.1, 0.15) is 6.92 Å². The van der Waals surface area contributed by atoms with E-state index >= 15 is 0 Å². The van der Waals surface area contributed by atoms with Gasteiger partial charge in [0.25, 0.3) is 0 Å². The molecule has 0 radical (unpaired) electrons. The summed E-state index contributed by atoms with van der Waals surface area (Å²) in [7, 11) is 0. The summed E-state index contributed by atoms with van der Waals surface area (Å²) in [6.45, 7) is 2.99. The Hall–Kier alpha value is -0.790. The van der Waals surface area contributed by atoms with Gasteiger partial charge in [-0.2, -0.15) is 0 Å². The first-order chi connectivity index (χ1) is 3.89. The molecule has 0 aromatic heterocycles. The van der Waals surface area contributed by atoms with Gasteiger partial charge in [0.15, 0.2) is 0 Å². The third-order valence-electron chi connectivity index (χ3n) is 1.05. The van der Waals surface area contributed by atoms with Crippen molar-refractivity contribution in [2.24, 2.45) is 4.99 Å². The quantitative estimate of drug-likeness (QED) is 0.484. The molecule has 1 aliphatic rings. The van der Waals surface area contributed by atoms with Crippen LogP contribution in [0.2, 0.25) is 0 Å². The summed E-state index contributed by atoms with van der Waals surface area (Å²) in [6.07, 6.45) is 5.64. The average molecular weight is 110 g/mol. The number of nitrogens with one attached hydrogen (secondary N) is 1. The summed E-state index contributed by atoms with van der Waals surface area (Å²) in [5, 5.41) is 3.14. The molecule has 0 aromatic carbocycles.